The highest BCUT2D eigenvalue weighted by Gasteiger charge is 2.11. The van der Waals surface area contributed by atoms with Crippen molar-refractivity contribution in [2.24, 2.45) is 4.99 Å². The van der Waals surface area contributed by atoms with E-state index in [0.717, 1.165) is 11.3 Å². The second-order valence-corrected chi connectivity index (χ2v) is 7.12. The largest absolute Gasteiger partial charge is 0.871 e. The van der Waals surface area contributed by atoms with E-state index in [-0.39, 0.29) is 21.5 Å². The molecular weight excluding hydrogens is 454 g/mol. The lowest BCUT2D eigenvalue weighted by molar-refractivity contribution is -0.385. The first kappa shape index (κ1) is 19.6. The molecule has 3 aromatic carbocycles. The van der Waals surface area contributed by atoms with Gasteiger partial charge in [-0.15, -0.1) is 0 Å². The highest BCUT2D eigenvalue weighted by molar-refractivity contribution is 9.10. The summed E-state index contributed by atoms with van der Waals surface area (Å²) in [6.07, 6.45) is 1.30. The fourth-order valence-corrected chi connectivity index (χ4v) is 3.26. The van der Waals surface area contributed by atoms with Crippen LogP contribution in [0.4, 0.5) is 11.4 Å². The third-order valence-electron chi connectivity index (χ3n) is 4.33. The maximum atomic E-state index is 12.2. The Morgan fingerprint density at radius 1 is 1.17 bits per heavy atom. The number of oxazole rings is 1. The molecular formula is C21H13BrN3O5-. The van der Waals surface area contributed by atoms with Crippen LogP contribution in [0.1, 0.15) is 5.56 Å². The lowest BCUT2D eigenvalue weighted by Gasteiger charge is -2.12. The average molecular weight is 467 g/mol. The Kier molecular flexibility index (Phi) is 5.20. The standard InChI is InChI=1S/C21H14BrN3O5/c1-29-16-5-2-12(3-6-16)21-24-18-9-14(4-7-19(18)30-21)23-11-13-8-15(25(27)28)10-17(22)20(13)26/h2-11,26H,1H3/p-1. The minimum Gasteiger partial charge on any atom is -0.871 e. The van der Waals surface area contributed by atoms with E-state index in [4.69, 9.17) is 9.15 Å². The molecule has 1 heterocycles. The molecule has 0 saturated heterocycles. The van der Waals surface area contributed by atoms with Crippen LogP contribution in [-0.2, 0) is 0 Å². The number of non-ortho nitro benzene ring substituents is 1. The first-order valence-electron chi connectivity index (χ1n) is 8.68. The number of hydrogen-bond donors (Lipinski definition) is 0. The zero-order valence-electron chi connectivity index (χ0n) is 15.5. The third kappa shape index (κ3) is 3.87. The van der Waals surface area contributed by atoms with Crippen molar-refractivity contribution in [1.82, 2.24) is 4.98 Å². The molecule has 0 fully saturated rings. The molecule has 150 valence electrons. The van der Waals surface area contributed by atoms with Gasteiger partial charge < -0.3 is 14.3 Å². The fraction of sp³-hybridized carbons (Fsp3) is 0.0476. The Hall–Kier alpha value is -3.72. The summed E-state index contributed by atoms with van der Waals surface area (Å²) in [5.74, 6) is 0.809. The van der Waals surface area contributed by atoms with Crippen LogP contribution in [0.25, 0.3) is 22.6 Å². The molecule has 0 aliphatic heterocycles. The van der Waals surface area contributed by atoms with Crippen LogP contribution < -0.4 is 9.84 Å². The quantitative estimate of drug-likeness (QED) is 0.232. The molecule has 30 heavy (non-hydrogen) atoms. The maximum absolute atomic E-state index is 12.2. The Labute approximate surface area is 178 Å². The zero-order valence-corrected chi connectivity index (χ0v) is 17.1. The molecule has 0 aliphatic carbocycles. The summed E-state index contributed by atoms with van der Waals surface area (Å²) in [6.45, 7) is 0. The van der Waals surface area contributed by atoms with Crippen molar-refractivity contribution in [2.45, 2.75) is 0 Å². The van der Waals surface area contributed by atoms with Crippen LogP contribution >= 0.6 is 15.9 Å². The summed E-state index contributed by atoms with van der Waals surface area (Å²) < 4.78 is 11.0. The molecule has 0 aliphatic rings. The molecule has 8 nitrogen and oxygen atoms in total. The van der Waals surface area contributed by atoms with Gasteiger partial charge in [0.2, 0.25) is 5.89 Å². The minimum atomic E-state index is -0.566. The molecule has 4 rings (SSSR count). The lowest BCUT2D eigenvalue weighted by atomic mass is 10.2. The average Bonchev–Trinajstić information content (AvgIpc) is 3.18. The van der Waals surface area contributed by atoms with E-state index >= 15 is 0 Å². The highest BCUT2D eigenvalue weighted by Crippen LogP contribution is 2.31. The molecule has 1 aromatic heterocycles. The maximum Gasteiger partial charge on any atom is 0.271 e. The Morgan fingerprint density at radius 2 is 1.93 bits per heavy atom. The van der Waals surface area contributed by atoms with Crippen molar-refractivity contribution in [1.29, 1.82) is 0 Å². The molecule has 0 bridgehead atoms. The van der Waals surface area contributed by atoms with E-state index in [1.54, 1.807) is 25.3 Å². The van der Waals surface area contributed by atoms with Crippen molar-refractivity contribution < 1.29 is 19.2 Å². The number of aromatic nitrogens is 1. The van der Waals surface area contributed by atoms with Gasteiger partial charge in [-0.3, -0.25) is 15.1 Å². The minimum absolute atomic E-state index is 0.106. The van der Waals surface area contributed by atoms with Gasteiger partial charge in [0.05, 0.1) is 17.7 Å². The predicted octanol–water partition coefficient (Wildman–Crippen LogP) is 5.00. The number of rotatable bonds is 5. The van der Waals surface area contributed by atoms with Gasteiger partial charge in [-0.2, -0.15) is 0 Å². The molecule has 0 unspecified atom stereocenters. The van der Waals surface area contributed by atoms with Crippen molar-refractivity contribution in [3.8, 4) is 23.0 Å². The van der Waals surface area contributed by atoms with Crippen LogP contribution in [0.2, 0.25) is 0 Å². The fourth-order valence-electron chi connectivity index (χ4n) is 2.80. The summed E-state index contributed by atoms with van der Waals surface area (Å²) in [5.41, 5.74) is 2.42. The summed E-state index contributed by atoms with van der Waals surface area (Å²) in [4.78, 5) is 19.2. The Morgan fingerprint density at radius 3 is 2.63 bits per heavy atom. The second-order valence-electron chi connectivity index (χ2n) is 6.26. The normalized spacial score (nSPS) is 11.3. The van der Waals surface area contributed by atoms with E-state index in [9.17, 15) is 15.2 Å². The van der Waals surface area contributed by atoms with E-state index in [1.165, 1.54) is 18.3 Å². The van der Waals surface area contributed by atoms with Gasteiger partial charge in [0.15, 0.2) is 5.58 Å². The van der Waals surface area contributed by atoms with Gasteiger partial charge in [-0.25, -0.2) is 4.98 Å². The number of aliphatic imine (C=N–C) groups is 1. The smallest absolute Gasteiger partial charge is 0.271 e. The monoisotopic (exact) mass is 466 g/mol. The summed E-state index contributed by atoms with van der Waals surface area (Å²) in [7, 11) is 1.60. The molecule has 9 heteroatoms. The van der Waals surface area contributed by atoms with E-state index < -0.39 is 4.92 Å². The molecule has 4 aromatic rings. The van der Waals surface area contributed by atoms with Gasteiger partial charge in [-0.1, -0.05) is 21.7 Å². The Bertz CT molecular complexity index is 1280. The van der Waals surface area contributed by atoms with Crippen LogP contribution in [0.5, 0.6) is 11.5 Å². The van der Waals surface area contributed by atoms with Gasteiger partial charge in [-0.05, 0) is 48.0 Å². The first-order chi connectivity index (χ1) is 14.4. The number of nitro benzene ring substituents is 1. The molecule has 0 N–H and O–H groups in total. The lowest BCUT2D eigenvalue weighted by Crippen LogP contribution is -1.99. The first-order valence-corrected chi connectivity index (χ1v) is 9.48. The molecule has 0 atom stereocenters. The van der Waals surface area contributed by atoms with E-state index in [2.05, 4.69) is 25.9 Å². The van der Waals surface area contributed by atoms with Crippen molar-refractivity contribution in [2.75, 3.05) is 7.11 Å². The number of nitrogens with zero attached hydrogens (tertiary/aromatic N) is 3. The number of nitro groups is 1. The van der Waals surface area contributed by atoms with Crippen LogP contribution in [0.15, 0.2) is 68.5 Å². The molecule has 0 spiro atoms. The Balaban J connectivity index is 1.65. The number of fused-ring (bicyclic) bond motifs is 1. The number of methoxy groups -OCH3 is 1. The predicted molar refractivity (Wildman–Crippen MR) is 113 cm³/mol. The van der Waals surface area contributed by atoms with Crippen LogP contribution in [-0.4, -0.2) is 23.2 Å². The van der Waals surface area contributed by atoms with Crippen LogP contribution in [0, 0.1) is 10.1 Å². The summed E-state index contributed by atoms with van der Waals surface area (Å²) >= 11 is 3.05. The van der Waals surface area contributed by atoms with Crippen molar-refractivity contribution >= 4 is 44.6 Å². The number of halogens is 1. The van der Waals surface area contributed by atoms with Crippen molar-refractivity contribution in [3.05, 3.63) is 74.7 Å². The number of benzene rings is 3. The third-order valence-corrected chi connectivity index (χ3v) is 4.92. The molecule has 0 saturated carbocycles. The summed E-state index contributed by atoms with van der Waals surface area (Å²) in [5, 5.41) is 23.2. The zero-order chi connectivity index (χ0) is 21.3. The van der Waals surface area contributed by atoms with Gasteiger partial charge in [0.25, 0.3) is 5.69 Å². The van der Waals surface area contributed by atoms with Gasteiger partial charge >= 0.3 is 0 Å². The molecule has 0 radical (unpaired) electrons. The molecule has 0 amide bonds. The number of hydrogen-bond acceptors (Lipinski definition) is 7. The highest BCUT2D eigenvalue weighted by atomic mass is 79.9. The second kappa shape index (κ2) is 7.96. The number of ether oxygens (including phenoxy) is 1. The van der Waals surface area contributed by atoms with E-state index in [1.807, 2.05) is 24.3 Å². The SMILES string of the molecule is COc1ccc(-c2nc3cc(N=Cc4cc([N+](=O)[O-])cc(Br)c4[O-])ccc3o2)cc1. The van der Waals surface area contributed by atoms with Crippen LogP contribution in [0.3, 0.4) is 0 Å². The van der Waals surface area contributed by atoms with Gasteiger partial charge in [0.1, 0.15) is 11.3 Å². The topological polar surface area (TPSA) is 114 Å². The van der Waals surface area contributed by atoms with Crippen molar-refractivity contribution in [3.63, 3.8) is 0 Å². The van der Waals surface area contributed by atoms with Gasteiger partial charge in [0, 0.05) is 28.4 Å². The summed E-state index contributed by atoms with van der Waals surface area (Å²) in [6, 6.07) is 14.8. The van der Waals surface area contributed by atoms with E-state index in [0.29, 0.717) is 22.7 Å².